The summed E-state index contributed by atoms with van der Waals surface area (Å²) in [4.78, 5) is 18.3. The molecule has 3 rings (SSSR count). The van der Waals surface area contributed by atoms with E-state index in [-0.39, 0.29) is 18.9 Å². The number of aromatic nitrogens is 3. The van der Waals surface area contributed by atoms with Gasteiger partial charge < -0.3 is 14.7 Å². The predicted octanol–water partition coefficient (Wildman–Crippen LogP) is 1.72. The second kappa shape index (κ2) is 7.70. The van der Waals surface area contributed by atoms with Crippen LogP contribution < -0.4 is 0 Å². The van der Waals surface area contributed by atoms with Crippen molar-refractivity contribution in [3.05, 3.63) is 46.5 Å². The molecular weight excluding hydrogens is 367 g/mol. The highest BCUT2D eigenvalue weighted by atomic mass is 35.5. The minimum atomic E-state index is -1.54. The Kier molecular flexibility index (Phi) is 5.58. The number of morpholine rings is 1. The number of aliphatic hydroxyl groups is 1. The van der Waals surface area contributed by atoms with Crippen molar-refractivity contribution in [2.24, 2.45) is 0 Å². The number of benzene rings is 1. The Morgan fingerprint density at radius 1 is 1.32 bits per heavy atom. The van der Waals surface area contributed by atoms with E-state index in [1.165, 1.54) is 17.3 Å². The highest BCUT2D eigenvalue weighted by Crippen LogP contribution is 2.34. The fourth-order valence-corrected chi connectivity index (χ4v) is 3.44. The highest BCUT2D eigenvalue weighted by Gasteiger charge is 2.37. The van der Waals surface area contributed by atoms with Crippen molar-refractivity contribution in [3.8, 4) is 0 Å². The summed E-state index contributed by atoms with van der Waals surface area (Å²) >= 11 is 12.2. The lowest BCUT2D eigenvalue weighted by atomic mass is 9.89. The van der Waals surface area contributed by atoms with Crippen LogP contribution in [0.1, 0.15) is 12.0 Å². The molecule has 2 aromatic rings. The van der Waals surface area contributed by atoms with Gasteiger partial charge in [-0.1, -0.05) is 29.3 Å². The van der Waals surface area contributed by atoms with Crippen molar-refractivity contribution in [3.63, 3.8) is 0 Å². The standard InChI is InChI=1S/C16H18Cl2N4O3/c17-12-1-2-13(14(18)7-12)16(24,9-22-11-19-10-20-22)8-15(23)21-3-5-25-6-4-21/h1-2,7,10-11,24H,3-6,8-9H2. The molecule has 0 spiro atoms. The van der Waals surface area contributed by atoms with Gasteiger partial charge in [0.05, 0.1) is 26.2 Å². The van der Waals surface area contributed by atoms with Gasteiger partial charge in [0.25, 0.3) is 0 Å². The Labute approximate surface area is 155 Å². The second-order valence-electron chi connectivity index (χ2n) is 5.92. The van der Waals surface area contributed by atoms with E-state index in [0.29, 0.717) is 41.9 Å². The molecule has 1 atom stereocenters. The van der Waals surface area contributed by atoms with Gasteiger partial charge in [-0.2, -0.15) is 5.10 Å². The molecule has 1 saturated heterocycles. The fraction of sp³-hybridized carbons (Fsp3) is 0.438. The van der Waals surface area contributed by atoms with E-state index in [1.54, 1.807) is 23.1 Å². The summed E-state index contributed by atoms with van der Waals surface area (Å²) in [7, 11) is 0. The van der Waals surface area contributed by atoms with E-state index in [9.17, 15) is 9.90 Å². The van der Waals surface area contributed by atoms with Gasteiger partial charge in [0, 0.05) is 28.7 Å². The molecule has 9 heteroatoms. The first-order valence-corrected chi connectivity index (χ1v) is 8.59. The molecule has 0 aliphatic carbocycles. The van der Waals surface area contributed by atoms with E-state index in [4.69, 9.17) is 27.9 Å². The quantitative estimate of drug-likeness (QED) is 0.848. The number of rotatable bonds is 5. The third kappa shape index (κ3) is 4.30. The van der Waals surface area contributed by atoms with Crippen LogP contribution in [0.5, 0.6) is 0 Å². The first-order valence-electron chi connectivity index (χ1n) is 7.84. The summed E-state index contributed by atoms with van der Waals surface area (Å²) in [5.41, 5.74) is -1.11. The molecule has 0 bridgehead atoms. The molecule has 0 saturated carbocycles. The summed E-state index contributed by atoms with van der Waals surface area (Å²) in [6, 6.07) is 4.81. The van der Waals surface area contributed by atoms with E-state index < -0.39 is 5.60 Å². The van der Waals surface area contributed by atoms with Crippen molar-refractivity contribution in [1.29, 1.82) is 0 Å². The molecule has 1 aliphatic heterocycles. The molecule has 1 aliphatic rings. The first kappa shape index (κ1) is 18.1. The van der Waals surface area contributed by atoms with Gasteiger partial charge in [-0.25, -0.2) is 9.67 Å². The second-order valence-corrected chi connectivity index (χ2v) is 6.76. The average Bonchev–Trinajstić information content (AvgIpc) is 3.08. The number of hydrogen-bond acceptors (Lipinski definition) is 5. The van der Waals surface area contributed by atoms with Crippen molar-refractivity contribution in [2.75, 3.05) is 26.3 Å². The Hall–Kier alpha value is -1.67. The van der Waals surface area contributed by atoms with E-state index in [1.807, 2.05) is 0 Å². The number of hydrogen-bond donors (Lipinski definition) is 1. The molecule has 134 valence electrons. The lowest BCUT2D eigenvalue weighted by molar-refractivity contribution is -0.141. The Morgan fingerprint density at radius 2 is 2.08 bits per heavy atom. The molecule has 7 nitrogen and oxygen atoms in total. The smallest absolute Gasteiger partial charge is 0.226 e. The first-order chi connectivity index (χ1) is 12.0. The zero-order chi connectivity index (χ0) is 17.9. The molecule has 1 aromatic carbocycles. The van der Waals surface area contributed by atoms with Crippen LogP contribution >= 0.6 is 23.2 Å². The zero-order valence-electron chi connectivity index (χ0n) is 13.4. The van der Waals surface area contributed by atoms with Crippen molar-refractivity contribution < 1.29 is 14.6 Å². The maximum absolute atomic E-state index is 12.7. The molecule has 1 N–H and O–H groups in total. The van der Waals surface area contributed by atoms with Crippen molar-refractivity contribution in [2.45, 2.75) is 18.6 Å². The van der Waals surface area contributed by atoms with Crippen LogP contribution in [0.4, 0.5) is 0 Å². The van der Waals surface area contributed by atoms with Crippen LogP contribution in [0, 0.1) is 0 Å². The predicted molar refractivity (Wildman–Crippen MR) is 92.4 cm³/mol. The number of nitrogens with zero attached hydrogens (tertiary/aromatic N) is 4. The van der Waals surface area contributed by atoms with Crippen molar-refractivity contribution in [1.82, 2.24) is 19.7 Å². The highest BCUT2D eigenvalue weighted by molar-refractivity contribution is 6.35. The monoisotopic (exact) mass is 384 g/mol. The third-order valence-corrected chi connectivity index (χ3v) is 4.68. The number of amides is 1. The third-order valence-electron chi connectivity index (χ3n) is 4.13. The number of carbonyl (C=O) groups is 1. The summed E-state index contributed by atoms with van der Waals surface area (Å²) in [5.74, 6) is -0.170. The minimum Gasteiger partial charge on any atom is -0.383 e. The molecule has 1 fully saturated rings. The summed E-state index contributed by atoms with van der Waals surface area (Å²) < 4.78 is 6.74. The normalized spacial score (nSPS) is 17.3. The zero-order valence-corrected chi connectivity index (χ0v) is 14.9. The molecular formula is C16H18Cl2N4O3. The van der Waals surface area contributed by atoms with Crippen LogP contribution in [0.3, 0.4) is 0 Å². The topological polar surface area (TPSA) is 80.5 Å². The van der Waals surface area contributed by atoms with Crippen LogP contribution in [0.25, 0.3) is 0 Å². The minimum absolute atomic E-state index is 0.0461. The van der Waals surface area contributed by atoms with Gasteiger partial charge in [0.2, 0.25) is 5.91 Å². The molecule has 0 radical (unpaired) electrons. The van der Waals surface area contributed by atoms with Crippen LogP contribution in [-0.4, -0.2) is 57.0 Å². The van der Waals surface area contributed by atoms with E-state index in [2.05, 4.69) is 10.1 Å². The molecule has 2 heterocycles. The van der Waals surface area contributed by atoms with Gasteiger partial charge in [-0.05, 0) is 12.1 Å². The van der Waals surface area contributed by atoms with Crippen LogP contribution in [0.15, 0.2) is 30.9 Å². The largest absolute Gasteiger partial charge is 0.383 e. The lowest BCUT2D eigenvalue weighted by Crippen LogP contribution is -2.45. The number of halogens is 2. The molecule has 1 aromatic heterocycles. The Morgan fingerprint density at radius 3 is 2.72 bits per heavy atom. The van der Waals surface area contributed by atoms with Crippen LogP contribution in [-0.2, 0) is 21.7 Å². The number of carbonyl (C=O) groups excluding carboxylic acids is 1. The van der Waals surface area contributed by atoms with Gasteiger partial charge in [-0.3, -0.25) is 4.79 Å². The van der Waals surface area contributed by atoms with Crippen LogP contribution in [0.2, 0.25) is 10.0 Å². The average molecular weight is 385 g/mol. The van der Waals surface area contributed by atoms with Gasteiger partial charge in [0.15, 0.2) is 0 Å². The Balaban J connectivity index is 1.89. The maximum atomic E-state index is 12.7. The SMILES string of the molecule is O=C(CC(O)(Cn1cncn1)c1ccc(Cl)cc1Cl)N1CCOCC1. The summed E-state index contributed by atoms with van der Waals surface area (Å²) in [6.07, 6.45) is 2.72. The van der Waals surface area contributed by atoms with E-state index in [0.717, 1.165) is 0 Å². The van der Waals surface area contributed by atoms with Gasteiger partial charge in [0.1, 0.15) is 18.3 Å². The lowest BCUT2D eigenvalue weighted by Gasteiger charge is -2.33. The Bertz CT molecular complexity index is 735. The fourth-order valence-electron chi connectivity index (χ4n) is 2.86. The van der Waals surface area contributed by atoms with Gasteiger partial charge >= 0.3 is 0 Å². The van der Waals surface area contributed by atoms with Crippen molar-refractivity contribution >= 4 is 29.1 Å². The maximum Gasteiger partial charge on any atom is 0.226 e. The molecule has 1 unspecified atom stereocenters. The van der Waals surface area contributed by atoms with E-state index >= 15 is 0 Å². The number of ether oxygens (including phenoxy) is 1. The summed E-state index contributed by atoms with van der Waals surface area (Å²) in [5, 5.41) is 16.1. The molecule has 1 amide bonds. The summed E-state index contributed by atoms with van der Waals surface area (Å²) in [6.45, 7) is 2.05. The van der Waals surface area contributed by atoms with Gasteiger partial charge in [-0.15, -0.1) is 0 Å². The molecule has 25 heavy (non-hydrogen) atoms.